The van der Waals surface area contributed by atoms with Gasteiger partial charge in [-0.1, -0.05) is 6.92 Å². The Morgan fingerprint density at radius 3 is 2.88 bits per heavy atom. The second-order valence-corrected chi connectivity index (χ2v) is 4.55. The van der Waals surface area contributed by atoms with Crippen LogP contribution in [-0.2, 0) is 11.3 Å². The van der Waals surface area contributed by atoms with Gasteiger partial charge in [-0.05, 0) is 26.8 Å². The molecule has 2 unspecified atom stereocenters. The van der Waals surface area contributed by atoms with Crippen LogP contribution >= 0.6 is 0 Å². The number of nitrogens with zero attached hydrogens (tertiary/aromatic N) is 3. The lowest BCUT2D eigenvalue weighted by atomic mass is 10.0. The largest absolute Gasteiger partial charge is 0.379 e. The molecule has 5 nitrogen and oxygen atoms in total. The molecule has 0 aromatic carbocycles. The molecule has 5 heteroatoms. The van der Waals surface area contributed by atoms with Gasteiger partial charge in [-0.15, -0.1) is 10.2 Å². The number of ether oxygens (including phenoxy) is 1. The van der Waals surface area contributed by atoms with Crippen molar-refractivity contribution in [2.24, 2.45) is 0 Å². The van der Waals surface area contributed by atoms with Crippen LogP contribution in [0.3, 0.4) is 0 Å². The first-order valence-electron chi connectivity index (χ1n) is 6.48. The molecule has 0 aliphatic carbocycles. The van der Waals surface area contributed by atoms with Crippen LogP contribution < -0.4 is 5.32 Å². The first-order chi connectivity index (χ1) is 8.27. The summed E-state index contributed by atoms with van der Waals surface area (Å²) in [7, 11) is 0. The molecule has 1 aromatic heterocycles. The van der Waals surface area contributed by atoms with Crippen molar-refractivity contribution in [3.63, 3.8) is 0 Å². The van der Waals surface area contributed by atoms with Crippen molar-refractivity contribution in [1.82, 2.24) is 20.1 Å². The van der Waals surface area contributed by atoms with E-state index in [2.05, 4.69) is 33.9 Å². The summed E-state index contributed by atoms with van der Waals surface area (Å²) in [6.07, 6.45) is 1.14. The van der Waals surface area contributed by atoms with Gasteiger partial charge in [0.1, 0.15) is 11.6 Å². The molecular formula is C12H22N4O. The zero-order valence-electron chi connectivity index (χ0n) is 10.9. The van der Waals surface area contributed by atoms with E-state index in [4.69, 9.17) is 4.74 Å². The molecule has 1 saturated heterocycles. The van der Waals surface area contributed by atoms with Gasteiger partial charge in [0.25, 0.3) is 0 Å². The first-order valence-corrected chi connectivity index (χ1v) is 6.48. The zero-order chi connectivity index (χ0) is 12.3. The molecule has 1 fully saturated rings. The topological polar surface area (TPSA) is 52.0 Å². The normalized spacial score (nSPS) is 24.4. The van der Waals surface area contributed by atoms with Crippen LogP contribution in [0.1, 0.15) is 37.8 Å². The third-order valence-electron chi connectivity index (χ3n) is 3.35. The molecule has 0 saturated carbocycles. The third-order valence-corrected chi connectivity index (χ3v) is 3.35. The lowest BCUT2D eigenvalue weighted by Gasteiger charge is -2.18. The van der Waals surface area contributed by atoms with E-state index in [1.54, 1.807) is 0 Å². The number of rotatable bonds is 5. The lowest BCUT2D eigenvalue weighted by Crippen LogP contribution is -2.36. The van der Waals surface area contributed by atoms with E-state index < -0.39 is 0 Å². The minimum atomic E-state index is 0.336. The highest BCUT2D eigenvalue weighted by atomic mass is 16.5. The molecule has 2 rings (SSSR count). The fourth-order valence-corrected chi connectivity index (χ4v) is 2.40. The van der Waals surface area contributed by atoms with E-state index >= 15 is 0 Å². The zero-order valence-corrected chi connectivity index (χ0v) is 10.9. The minimum Gasteiger partial charge on any atom is -0.379 e. The molecule has 17 heavy (non-hydrogen) atoms. The highest BCUT2D eigenvalue weighted by Crippen LogP contribution is 2.24. The Labute approximate surface area is 103 Å². The third kappa shape index (κ3) is 2.50. The molecular weight excluding hydrogens is 216 g/mol. The number of aryl methyl sites for hydroxylation is 1. The Balaban J connectivity index is 2.14. The van der Waals surface area contributed by atoms with Gasteiger partial charge >= 0.3 is 0 Å². The maximum Gasteiger partial charge on any atom is 0.140 e. The van der Waals surface area contributed by atoms with Crippen molar-refractivity contribution in [3.05, 3.63) is 11.6 Å². The minimum absolute atomic E-state index is 0.336. The SMILES string of the molecule is CCCNC1COCC1c1nnc(C)n1CC. The summed E-state index contributed by atoms with van der Waals surface area (Å²) in [4.78, 5) is 0. The molecule has 1 N–H and O–H groups in total. The molecule has 1 aliphatic heterocycles. The Morgan fingerprint density at radius 2 is 2.18 bits per heavy atom. The highest BCUT2D eigenvalue weighted by molar-refractivity contribution is 5.07. The predicted molar refractivity (Wildman–Crippen MR) is 66.1 cm³/mol. The smallest absolute Gasteiger partial charge is 0.140 e. The maximum absolute atomic E-state index is 5.59. The second kappa shape index (κ2) is 5.60. The predicted octanol–water partition coefficient (Wildman–Crippen LogP) is 1.09. The second-order valence-electron chi connectivity index (χ2n) is 4.55. The molecule has 0 spiro atoms. The van der Waals surface area contributed by atoms with E-state index in [0.29, 0.717) is 12.0 Å². The number of aromatic nitrogens is 3. The summed E-state index contributed by atoms with van der Waals surface area (Å²) in [5, 5.41) is 12.0. The van der Waals surface area contributed by atoms with Crippen LogP contribution in [0.4, 0.5) is 0 Å². The van der Waals surface area contributed by atoms with Crippen LogP contribution in [-0.4, -0.2) is 40.6 Å². The molecule has 0 radical (unpaired) electrons. The quantitative estimate of drug-likeness (QED) is 0.834. The molecule has 96 valence electrons. The van der Waals surface area contributed by atoms with E-state index in [1.165, 1.54) is 0 Å². The van der Waals surface area contributed by atoms with Gasteiger partial charge in [-0.2, -0.15) is 0 Å². The van der Waals surface area contributed by atoms with Crippen molar-refractivity contribution in [2.75, 3.05) is 19.8 Å². The first kappa shape index (κ1) is 12.5. The summed E-state index contributed by atoms with van der Waals surface area (Å²) >= 11 is 0. The maximum atomic E-state index is 5.59. The van der Waals surface area contributed by atoms with Crippen LogP contribution in [0.25, 0.3) is 0 Å². The standard InChI is InChI=1S/C12H22N4O/c1-4-6-13-11-8-17-7-10(11)12-15-14-9(3)16(12)5-2/h10-11,13H,4-8H2,1-3H3. The Morgan fingerprint density at radius 1 is 1.35 bits per heavy atom. The number of hydrogen-bond donors (Lipinski definition) is 1. The summed E-state index contributed by atoms with van der Waals surface area (Å²) < 4.78 is 7.77. The summed E-state index contributed by atoms with van der Waals surface area (Å²) in [6, 6.07) is 0.379. The van der Waals surface area contributed by atoms with Crippen LogP contribution in [0.5, 0.6) is 0 Å². The fraction of sp³-hybridized carbons (Fsp3) is 0.833. The van der Waals surface area contributed by atoms with Crippen molar-refractivity contribution in [3.8, 4) is 0 Å². The molecule has 1 aromatic rings. The van der Waals surface area contributed by atoms with Gasteiger partial charge in [-0.25, -0.2) is 0 Å². The van der Waals surface area contributed by atoms with Crippen molar-refractivity contribution in [2.45, 2.75) is 45.7 Å². The fourth-order valence-electron chi connectivity index (χ4n) is 2.40. The monoisotopic (exact) mass is 238 g/mol. The van der Waals surface area contributed by atoms with Crippen molar-refractivity contribution >= 4 is 0 Å². The van der Waals surface area contributed by atoms with Gasteiger partial charge in [0.05, 0.1) is 19.1 Å². The van der Waals surface area contributed by atoms with Gasteiger partial charge in [0, 0.05) is 12.6 Å². The summed E-state index contributed by atoms with van der Waals surface area (Å²) in [6.45, 7) is 9.79. The summed E-state index contributed by atoms with van der Waals surface area (Å²) in [5.41, 5.74) is 0. The van der Waals surface area contributed by atoms with Gasteiger partial charge < -0.3 is 14.6 Å². The van der Waals surface area contributed by atoms with Crippen LogP contribution in [0.15, 0.2) is 0 Å². The molecule has 2 heterocycles. The van der Waals surface area contributed by atoms with E-state index in [0.717, 1.165) is 44.4 Å². The average molecular weight is 238 g/mol. The van der Waals surface area contributed by atoms with Gasteiger partial charge in [0.2, 0.25) is 0 Å². The van der Waals surface area contributed by atoms with Crippen molar-refractivity contribution < 1.29 is 4.74 Å². The van der Waals surface area contributed by atoms with E-state index in [-0.39, 0.29) is 0 Å². The molecule has 1 aliphatic rings. The summed E-state index contributed by atoms with van der Waals surface area (Å²) in [5.74, 6) is 2.39. The average Bonchev–Trinajstić information content (AvgIpc) is 2.92. The van der Waals surface area contributed by atoms with Gasteiger partial charge in [0.15, 0.2) is 0 Å². The number of hydrogen-bond acceptors (Lipinski definition) is 4. The Hall–Kier alpha value is -0.940. The Kier molecular flexibility index (Phi) is 4.12. The van der Waals surface area contributed by atoms with E-state index in [1.807, 2.05) is 6.92 Å². The van der Waals surface area contributed by atoms with Crippen LogP contribution in [0.2, 0.25) is 0 Å². The molecule has 0 amide bonds. The van der Waals surface area contributed by atoms with Crippen LogP contribution in [0, 0.1) is 6.92 Å². The highest BCUT2D eigenvalue weighted by Gasteiger charge is 2.33. The van der Waals surface area contributed by atoms with E-state index in [9.17, 15) is 0 Å². The van der Waals surface area contributed by atoms with Crippen molar-refractivity contribution in [1.29, 1.82) is 0 Å². The Bertz CT molecular complexity index is 363. The lowest BCUT2D eigenvalue weighted by molar-refractivity contribution is 0.187. The molecule has 2 atom stereocenters. The van der Waals surface area contributed by atoms with Gasteiger partial charge in [-0.3, -0.25) is 0 Å². The molecule has 0 bridgehead atoms. The number of nitrogens with one attached hydrogen (secondary N) is 1.